The first-order chi connectivity index (χ1) is 11.5. The van der Waals surface area contributed by atoms with Crippen molar-refractivity contribution in [3.63, 3.8) is 0 Å². The number of carbonyl (C=O) groups excluding carboxylic acids is 2. The summed E-state index contributed by atoms with van der Waals surface area (Å²) < 4.78 is 0. The van der Waals surface area contributed by atoms with Crippen LogP contribution in [0.2, 0.25) is 0 Å². The van der Waals surface area contributed by atoms with Crippen LogP contribution in [0.3, 0.4) is 0 Å². The molecular formula is C20H22N2O2. The minimum atomic E-state index is -0.383. The van der Waals surface area contributed by atoms with E-state index in [1.165, 1.54) is 0 Å². The number of anilines is 2. The minimum Gasteiger partial charge on any atom is -0.326 e. The van der Waals surface area contributed by atoms with Crippen LogP contribution < -0.4 is 10.6 Å². The van der Waals surface area contributed by atoms with E-state index >= 15 is 0 Å². The summed E-state index contributed by atoms with van der Waals surface area (Å²) in [5.41, 5.74) is 2.16. The molecule has 1 fully saturated rings. The predicted molar refractivity (Wildman–Crippen MR) is 95.9 cm³/mol. The maximum Gasteiger partial charge on any atom is 0.235 e. The number of nitrogens with one attached hydrogen (secondary N) is 2. The molecule has 1 aliphatic carbocycles. The van der Waals surface area contributed by atoms with Gasteiger partial charge >= 0.3 is 0 Å². The van der Waals surface area contributed by atoms with Gasteiger partial charge in [-0.25, -0.2) is 0 Å². The molecule has 124 valence electrons. The van der Waals surface area contributed by atoms with E-state index in [4.69, 9.17) is 0 Å². The Morgan fingerprint density at radius 2 is 1.42 bits per heavy atom. The summed E-state index contributed by atoms with van der Waals surface area (Å²) in [5, 5.41) is 5.83. The highest BCUT2D eigenvalue weighted by atomic mass is 16.2. The zero-order valence-corrected chi connectivity index (χ0v) is 14.0. The second kappa shape index (κ2) is 6.48. The Morgan fingerprint density at radius 3 is 1.92 bits per heavy atom. The fourth-order valence-electron chi connectivity index (χ4n) is 2.70. The molecule has 0 bridgehead atoms. The number of carbonyl (C=O) groups is 2. The van der Waals surface area contributed by atoms with Crippen LogP contribution in [0.4, 0.5) is 11.4 Å². The quantitative estimate of drug-likeness (QED) is 0.875. The summed E-state index contributed by atoms with van der Waals surface area (Å²) in [5.74, 6) is -0.0505. The van der Waals surface area contributed by atoms with Crippen LogP contribution in [0.25, 0.3) is 0 Å². The first kappa shape index (κ1) is 16.2. The van der Waals surface area contributed by atoms with Crippen LogP contribution in [0.5, 0.6) is 0 Å². The van der Waals surface area contributed by atoms with Crippen LogP contribution in [0.15, 0.2) is 54.6 Å². The Hall–Kier alpha value is -2.62. The van der Waals surface area contributed by atoms with Crippen molar-refractivity contribution in [3.05, 3.63) is 60.2 Å². The molecule has 0 saturated heterocycles. The molecule has 0 spiro atoms. The lowest BCUT2D eigenvalue weighted by Gasteiger charge is -2.16. The van der Waals surface area contributed by atoms with Gasteiger partial charge in [0.1, 0.15) is 0 Å². The van der Waals surface area contributed by atoms with Crippen molar-refractivity contribution in [2.45, 2.75) is 32.1 Å². The normalized spacial score (nSPS) is 15.0. The smallest absolute Gasteiger partial charge is 0.235 e. The van der Waals surface area contributed by atoms with E-state index in [2.05, 4.69) is 10.6 Å². The minimum absolute atomic E-state index is 0.0206. The monoisotopic (exact) mass is 322 g/mol. The van der Waals surface area contributed by atoms with Gasteiger partial charge < -0.3 is 10.6 Å². The van der Waals surface area contributed by atoms with E-state index in [1.54, 1.807) is 12.1 Å². The Kier molecular flexibility index (Phi) is 4.38. The first-order valence-corrected chi connectivity index (χ1v) is 8.29. The SMILES string of the molecule is CC(C)C(=O)Nc1ccc(NC(=O)C2(c3ccccc3)CC2)cc1. The van der Waals surface area contributed by atoms with E-state index < -0.39 is 0 Å². The van der Waals surface area contributed by atoms with E-state index in [0.29, 0.717) is 0 Å². The fraction of sp³-hybridized carbons (Fsp3) is 0.300. The van der Waals surface area contributed by atoms with Gasteiger partial charge in [0.15, 0.2) is 0 Å². The summed E-state index contributed by atoms with van der Waals surface area (Å²) in [4.78, 5) is 24.4. The molecule has 0 aromatic heterocycles. The van der Waals surface area contributed by atoms with Crippen molar-refractivity contribution in [1.29, 1.82) is 0 Å². The number of benzene rings is 2. The van der Waals surface area contributed by atoms with Gasteiger partial charge in [0.25, 0.3) is 0 Å². The molecule has 1 aliphatic rings. The van der Waals surface area contributed by atoms with E-state index in [1.807, 2.05) is 56.3 Å². The molecular weight excluding hydrogens is 300 g/mol. The second-order valence-electron chi connectivity index (χ2n) is 6.62. The summed E-state index contributed by atoms with van der Waals surface area (Å²) in [6, 6.07) is 17.2. The van der Waals surface area contributed by atoms with Gasteiger partial charge in [-0.05, 0) is 42.7 Å². The zero-order valence-electron chi connectivity index (χ0n) is 14.0. The lowest BCUT2D eigenvalue weighted by molar-refractivity contribution is -0.119. The average Bonchev–Trinajstić information content (AvgIpc) is 3.39. The Balaban J connectivity index is 1.66. The maximum absolute atomic E-state index is 12.7. The third-order valence-corrected chi connectivity index (χ3v) is 4.45. The summed E-state index contributed by atoms with van der Waals surface area (Å²) in [6.45, 7) is 3.70. The number of amides is 2. The molecule has 0 aliphatic heterocycles. The van der Waals surface area contributed by atoms with Gasteiger partial charge in [0.2, 0.25) is 11.8 Å². The lowest BCUT2D eigenvalue weighted by atomic mass is 9.95. The highest BCUT2D eigenvalue weighted by molar-refractivity contribution is 6.01. The average molecular weight is 322 g/mol. The third-order valence-electron chi connectivity index (χ3n) is 4.45. The van der Waals surface area contributed by atoms with E-state index in [0.717, 1.165) is 29.8 Å². The molecule has 0 atom stereocenters. The molecule has 2 amide bonds. The molecule has 2 N–H and O–H groups in total. The van der Waals surface area contributed by atoms with Crippen LogP contribution in [0, 0.1) is 5.92 Å². The van der Waals surface area contributed by atoms with Crippen molar-refractivity contribution >= 4 is 23.2 Å². The Morgan fingerprint density at radius 1 is 0.875 bits per heavy atom. The first-order valence-electron chi connectivity index (χ1n) is 8.29. The van der Waals surface area contributed by atoms with Crippen molar-refractivity contribution in [2.24, 2.45) is 5.92 Å². The molecule has 1 saturated carbocycles. The van der Waals surface area contributed by atoms with E-state index in [-0.39, 0.29) is 23.1 Å². The number of hydrogen-bond donors (Lipinski definition) is 2. The molecule has 3 rings (SSSR count). The molecule has 0 radical (unpaired) electrons. The molecule has 24 heavy (non-hydrogen) atoms. The predicted octanol–water partition coefficient (Wildman–Crippen LogP) is 3.95. The van der Waals surface area contributed by atoms with Gasteiger partial charge in [-0.15, -0.1) is 0 Å². The second-order valence-corrected chi connectivity index (χ2v) is 6.62. The maximum atomic E-state index is 12.7. The van der Waals surface area contributed by atoms with Crippen molar-refractivity contribution in [1.82, 2.24) is 0 Å². The molecule has 0 heterocycles. The topological polar surface area (TPSA) is 58.2 Å². The van der Waals surface area contributed by atoms with Crippen molar-refractivity contribution in [3.8, 4) is 0 Å². The summed E-state index contributed by atoms with van der Waals surface area (Å²) in [6.07, 6.45) is 1.76. The third kappa shape index (κ3) is 3.32. The Labute approximate surface area is 142 Å². The van der Waals surface area contributed by atoms with Crippen LogP contribution in [-0.4, -0.2) is 11.8 Å². The van der Waals surface area contributed by atoms with Gasteiger partial charge in [-0.2, -0.15) is 0 Å². The summed E-state index contributed by atoms with van der Waals surface area (Å²) >= 11 is 0. The van der Waals surface area contributed by atoms with Gasteiger partial charge in [0, 0.05) is 17.3 Å². The highest BCUT2D eigenvalue weighted by Gasteiger charge is 2.51. The fourth-order valence-corrected chi connectivity index (χ4v) is 2.70. The van der Waals surface area contributed by atoms with Crippen LogP contribution >= 0.6 is 0 Å². The van der Waals surface area contributed by atoms with Crippen molar-refractivity contribution < 1.29 is 9.59 Å². The van der Waals surface area contributed by atoms with Gasteiger partial charge in [0.05, 0.1) is 5.41 Å². The summed E-state index contributed by atoms with van der Waals surface area (Å²) in [7, 11) is 0. The molecule has 2 aromatic carbocycles. The molecule has 2 aromatic rings. The largest absolute Gasteiger partial charge is 0.326 e. The molecule has 0 unspecified atom stereocenters. The van der Waals surface area contributed by atoms with Crippen LogP contribution in [-0.2, 0) is 15.0 Å². The molecule has 4 nitrogen and oxygen atoms in total. The van der Waals surface area contributed by atoms with Crippen LogP contribution in [0.1, 0.15) is 32.3 Å². The van der Waals surface area contributed by atoms with Gasteiger partial charge in [-0.3, -0.25) is 9.59 Å². The van der Waals surface area contributed by atoms with Crippen molar-refractivity contribution in [2.75, 3.05) is 10.6 Å². The molecule has 4 heteroatoms. The lowest BCUT2D eigenvalue weighted by Crippen LogP contribution is -2.27. The Bertz CT molecular complexity index is 732. The number of hydrogen-bond acceptors (Lipinski definition) is 2. The highest BCUT2D eigenvalue weighted by Crippen LogP contribution is 2.48. The number of rotatable bonds is 5. The zero-order chi connectivity index (χ0) is 17.2. The standard InChI is InChI=1S/C20H22N2O2/c1-14(2)18(23)21-16-8-10-17(11-9-16)22-19(24)20(12-13-20)15-6-4-3-5-7-15/h3-11,14H,12-13H2,1-2H3,(H,21,23)(H,22,24). The van der Waals surface area contributed by atoms with Gasteiger partial charge in [-0.1, -0.05) is 44.2 Å². The van der Waals surface area contributed by atoms with E-state index in [9.17, 15) is 9.59 Å².